The second kappa shape index (κ2) is 7.03. The van der Waals surface area contributed by atoms with Crippen LogP contribution in [0.4, 0.5) is 5.69 Å². The van der Waals surface area contributed by atoms with Crippen LogP contribution in [-0.4, -0.2) is 25.9 Å². The van der Waals surface area contributed by atoms with E-state index in [1.54, 1.807) is 24.3 Å². The van der Waals surface area contributed by atoms with Gasteiger partial charge < -0.3 is 10.4 Å². The van der Waals surface area contributed by atoms with Crippen molar-refractivity contribution in [2.24, 2.45) is 0 Å². The summed E-state index contributed by atoms with van der Waals surface area (Å²) in [5.41, 5.74) is 2.01. The van der Waals surface area contributed by atoms with E-state index in [2.05, 4.69) is 35.6 Å². The van der Waals surface area contributed by atoms with E-state index in [1.165, 1.54) is 10.8 Å². The quantitative estimate of drug-likeness (QED) is 0.722. The number of benzene rings is 3. The molecule has 24 heavy (non-hydrogen) atoms. The van der Waals surface area contributed by atoms with Gasteiger partial charge in [-0.25, -0.2) is 8.42 Å². The molecule has 4 nitrogen and oxygen atoms in total. The summed E-state index contributed by atoms with van der Waals surface area (Å²) in [4.78, 5) is 0.229. The molecule has 3 aromatic rings. The number of nitrogens with one attached hydrogen (secondary N) is 1. The minimum Gasteiger partial charge on any atom is -0.395 e. The van der Waals surface area contributed by atoms with Gasteiger partial charge in [0.05, 0.1) is 17.3 Å². The number of hydrogen-bond donors (Lipinski definition) is 2. The van der Waals surface area contributed by atoms with E-state index >= 15 is 0 Å². The van der Waals surface area contributed by atoms with Gasteiger partial charge in [0.25, 0.3) is 0 Å². The van der Waals surface area contributed by atoms with Crippen LogP contribution in [0.1, 0.15) is 5.56 Å². The van der Waals surface area contributed by atoms with E-state index in [0.717, 1.165) is 11.3 Å². The molecule has 3 aromatic carbocycles. The van der Waals surface area contributed by atoms with Crippen LogP contribution in [0.15, 0.2) is 71.6 Å². The van der Waals surface area contributed by atoms with Crippen molar-refractivity contribution in [1.29, 1.82) is 0 Å². The summed E-state index contributed by atoms with van der Waals surface area (Å²) in [7, 11) is -3.40. The van der Waals surface area contributed by atoms with Gasteiger partial charge in [0, 0.05) is 12.2 Å². The van der Waals surface area contributed by atoms with Crippen LogP contribution in [-0.2, 0) is 16.4 Å². The molecule has 0 aliphatic rings. The van der Waals surface area contributed by atoms with E-state index < -0.39 is 9.84 Å². The third kappa shape index (κ3) is 3.75. The lowest BCUT2D eigenvalue weighted by Crippen LogP contribution is -2.10. The summed E-state index contributed by atoms with van der Waals surface area (Å²) in [6, 6.07) is 21.1. The molecule has 0 amide bonds. The molecule has 5 heteroatoms. The zero-order valence-electron chi connectivity index (χ0n) is 13.1. The zero-order chi connectivity index (χ0) is 17.0. The second-order valence-corrected chi connectivity index (χ2v) is 7.71. The number of fused-ring (bicyclic) bond motifs is 1. The molecule has 0 aliphatic heterocycles. The van der Waals surface area contributed by atoms with Gasteiger partial charge in [-0.15, -0.1) is 0 Å². The lowest BCUT2D eigenvalue weighted by molar-refractivity contribution is 0.319. The first-order chi connectivity index (χ1) is 11.6. The normalized spacial score (nSPS) is 11.5. The molecular weight excluding hydrogens is 322 g/mol. The van der Waals surface area contributed by atoms with E-state index in [9.17, 15) is 8.42 Å². The van der Waals surface area contributed by atoms with Crippen molar-refractivity contribution < 1.29 is 13.5 Å². The monoisotopic (exact) mass is 341 g/mol. The highest BCUT2D eigenvalue weighted by atomic mass is 32.2. The Morgan fingerprint density at radius 3 is 2.29 bits per heavy atom. The highest BCUT2D eigenvalue weighted by molar-refractivity contribution is 7.91. The Morgan fingerprint density at radius 2 is 1.58 bits per heavy atom. The lowest BCUT2D eigenvalue weighted by Gasteiger charge is -2.09. The summed E-state index contributed by atoms with van der Waals surface area (Å²) in [6.45, 7) is 0.290. The molecule has 124 valence electrons. The highest BCUT2D eigenvalue weighted by Crippen LogP contribution is 2.18. The highest BCUT2D eigenvalue weighted by Gasteiger charge is 2.12. The molecule has 0 aliphatic carbocycles. The Labute approximate surface area is 141 Å². The molecule has 0 saturated heterocycles. The van der Waals surface area contributed by atoms with Crippen LogP contribution in [0.5, 0.6) is 0 Å². The number of hydrogen-bond acceptors (Lipinski definition) is 4. The number of aliphatic hydroxyl groups is 1. The van der Waals surface area contributed by atoms with Crippen molar-refractivity contribution in [3.8, 4) is 0 Å². The molecule has 0 radical (unpaired) electrons. The predicted octanol–water partition coefficient (Wildman–Crippen LogP) is 3.22. The minimum atomic E-state index is -3.40. The van der Waals surface area contributed by atoms with Crippen LogP contribution >= 0.6 is 0 Å². The lowest BCUT2D eigenvalue weighted by atomic mass is 10.1. The molecule has 2 N–H and O–H groups in total. The van der Waals surface area contributed by atoms with Crippen molar-refractivity contribution in [2.45, 2.75) is 11.4 Å². The Bertz CT molecular complexity index is 934. The van der Waals surface area contributed by atoms with Crippen LogP contribution in [0.25, 0.3) is 10.8 Å². The molecular formula is C19H19NO3S. The Hall–Kier alpha value is -2.37. The number of anilines is 1. The fourth-order valence-corrected chi connectivity index (χ4v) is 3.60. The van der Waals surface area contributed by atoms with Gasteiger partial charge in [-0.1, -0.05) is 36.4 Å². The number of sulfone groups is 1. The average molecular weight is 341 g/mol. The van der Waals surface area contributed by atoms with Crippen LogP contribution in [0, 0.1) is 0 Å². The Balaban J connectivity index is 1.70. The third-order valence-corrected chi connectivity index (χ3v) is 5.59. The molecule has 0 atom stereocenters. The van der Waals surface area contributed by atoms with Gasteiger partial charge in [-0.3, -0.25) is 0 Å². The van der Waals surface area contributed by atoms with Crippen LogP contribution in [0.2, 0.25) is 0 Å². The molecule has 0 fully saturated rings. The van der Waals surface area contributed by atoms with Gasteiger partial charge >= 0.3 is 0 Å². The van der Waals surface area contributed by atoms with E-state index in [1.807, 2.05) is 12.1 Å². The van der Waals surface area contributed by atoms with E-state index in [4.69, 9.17) is 5.11 Å². The van der Waals surface area contributed by atoms with Crippen molar-refractivity contribution in [1.82, 2.24) is 0 Å². The fraction of sp³-hybridized carbons (Fsp3) is 0.158. The standard InChI is InChI=1S/C19H19NO3S/c21-11-12-24(22,23)19-9-7-18(8-10-19)20-14-15-5-6-16-3-1-2-4-17(16)13-15/h1-10,13,20-21H,11-12,14H2. The van der Waals surface area contributed by atoms with Crippen LogP contribution < -0.4 is 5.32 Å². The smallest absolute Gasteiger partial charge is 0.180 e. The summed E-state index contributed by atoms with van der Waals surface area (Å²) in [6.07, 6.45) is 0. The predicted molar refractivity (Wildman–Crippen MR) is 96.9 cm³/mol. The van der Waals surface area contributed by atoms with E-state index in [0.29, 0.717) is 6.54 Å². The Morgan fingerprint density at radius 1 is 0.875 bits per heavy atom. The number of aliphatic hydroxyl groups excluding tert-OH is 1. The summed E-state index contributed by atoms with van der Waals surface area (Å²) in [5, 5.41) is 14.5. The fourth-order valence-electron chi connectivity index (χ4n) is 2.57. The maximum absolute atomic E-state index is 11.9. The molecule has 3 rings (SSSR count). The third-order valence-electron chi connectivity index (χ3n) is 3.88. The van der Waals surface area contributed by atoms with Gasteiger partial charge in [-0.05, 0) is 46.7 Å². The van der Waals surface area contributed by atoms with E-state index in [-0.39, 0.29) is 17.3 Å². The summed E-state index contributed by atoms with van der Waals surface area (Å²) < 4.78 is 23.7. The maximum atomic E-state index is 11.9. The maximum Gasteiger partial charge on any atom is 0.180 e. The molecule has 0 heterocycles. The molecule has 0 saturated carbocycles. The van der Waals surface area contributed by atoms with Gasteiger partial charge in [0.2, 0.25) is 0 Å². The Kier molecular flexibility index (Phi) is 4.83. The van der Waals surface area contributed by atoms with Crippen LogP contribution in [0.3, 0.4) is 0 Å². The number of rotatable bonds is 6. The molecule has 0 bridgehead atoms. The first-order valence-electron chi connectivity index (χ1n) is 7.74. The first kappa shape index (κ1) is 16.5. The SMILES string of the molecule is O=S(=O)(CCO)c1ccc(NCc2ccc3ccccc3c2)cc1. The molecule has 0 spiro atoms. The summed E-state index contributed by atoms with van der Waals surface area (Å²) in [5.74, 6) is -0.253. The average Bonchev–Trinajstić information content (AvgIpc) is 2.60. The van der Waals surface area contributed by atoms with Crippen molar-refractivity contribution in [3.05, 3.63) is 72.3 Å². The largest absolute Gasteiger partial charge is 0.395 e. The molecule has 0 unspecified atom stereocenters. The van der Waals surface area contributed by atoms with Crippen molar-refractivity contribution in [2.75, 3.05) is 17.7 Å². The van der Waals surface area contributed by atoms with Crippen molar-refractivity contribution >= 4 is 26.3 Å². The molecule has 0 aromatic heterocycles. The second-order valence-electron chi connectivity index (χ2n) is 5.60. The van der Waals surface area contributed by atoms with Gasteiger partial charge in [0.15, 0.2) is 9.84 Å². The first-order valence-corrected chi connectivity index (χ1v) is 9.39. The van der Waals surface area contributed by atoms with Gasteiger partial charge in [0.1, 0.15) is 0 Å². The minimum absolute atomic E-state index is 0.229. The zero-order valence-corrected chi connectivity index (χ0v) is 14.0. The van der Waals surface area contributed by atoms with Crippen molar-refractivity contribution in [3.63, 3.8) is 0 Å². The summed E-state index contributed by atoms with van der Waals surface area (Å²) >= 11 is 0. The topological polar surface area (TPSA) is 66.4 Å². The van der Waals surface area contributed by atoms with Gasteiger partial charge in [-0.2, -0.15) is 0 Å².